The summed E-state index contributed by atoms with van der Waals surface area (Å²) in [5.41, 5.74) is -0.874. The van der Waals surface area contributed by atoms with E-state index in [4.69, 9.17) is 0 Å². The lowest BCUT2D eigenvalue weighted by atomic mass is 9.90. The molecule has 8 nitrogen and oxygen atoms in total. The SMILES string of the molecule is CC1(C(=O)O)CCN(C(=O)CCC(=O)N2CCN(c3ccccn3)CC2)C1. The molecule has 1 N–H and O–H groups in total. The molecule has 2 saturated heterocycles. The van der Waals surface area contributed by atoms with Crippen LogP contribution in [0, 0.1) is 5.41 Å². The first-order valence-corrected chi connectivity index (χ1v) is 9.34. The Hall–Kier alpha value is -2.64. The van der Waals surface area contributed by atoms with Crippen LogP contribution in [0.3, 0.4) is 0 Å². The molecule has 146 valence electrons. The average Bonchev–Trinajstić information content (AvgIpc) is 3.10. The predicted octanol–water partition coefficient (Wildman–Crippen LogP) is 0.834. The smallest absolute Gasteiger partial charge is 0.311 e. The number of amides is 2. The first kappa shape index (κ1) is 19.1. The molecule has 2 aliphatic rings. The van der Waals surface area contributed by atoms with Gasteiger partial charge in [0.25, 0.3) is 0 Å². The van der Waals surface area contributed by atoms with Gasteiger partial charge in [-0.15, -0.1) is 0 Å². The lowest BCUT2D eigenvalue weighted by Gasteiger charge is -2.35. The molecule has 3 heterocycles. The second-order valence-corrected chi connectivity index (χ2v) is 7.49. The van der Waals surface area contributed by atoms with Crippen molar-refractivity contribution in [3.8, 4) is 0 Å². The van der Waals surface area contributed by atoms with Crippen LogP contribution in [0.5, 0.6) is 0 Å². The fraction of sp³-hybridized carbons (Fsp3) is 0.579. The Labute approximate surface area is 158 Å². The van der Waals surface area contributed by atoms with Crippen molar-refractivity contribution in [2.45, 2.75) is 26.2 Å². The first-order chi connectivity index (χ1) is 12.9. The maximum atomic E-state index is 12.4. The predicted molar refractivity (Wildman–Crippen MR) is 99.2 cm³/mol. The number of carbonyl (C=O) groups is 3. The number of carboxylic acid groups (broad SMARTS) is 1. The highest BCUT2D eigenvalue weighted by Crippen LogP contribution is 2.30. The number of nitrogens with zero attached hydrogens (tertiary/aromatic N) is 4. The minimum absolute atomic E-state index is 0.0239. The van der Waals surface area contributed by atoms with E-state index in [-0.39, 0.29) is 31.2 Å². The summed E-state index contributed by atoms with van der Waals surface area (Å²) < 4.78 is 0. The fourth-order valence-electron chi connectivity index (χ4n) is 3.60. The molecule has 0 aromatic carbocycles. The minimum atomic E-state index is -0.875. The normalized spacial score (nSPS) is 22.8. The van der Waals surface area contributed by atoms with Gasteiger partial charge in [0.1, 0.15) is 5.82 Å². The molecule has 3 rings (SSSR count). The zero-order valence-electron chi connectivity index (χ0n) is 15.6. The molecular formula is C19H26N4O4. The number of pyridine rings is 1. The van der Waals surface area contributed by atoms with Gasteiger partial charge in [-0.2, -0.15) is 0 Å². The molecule has 0 aliphatic carbocycles. The van der Waals surface area contributed by atoms with Gasteiger partial charge in [-0.05, 0) is 25.5 Å². The minimum Gasteiger partial charge on any atom is -0.481 e. The number of piperazine rings is 1. The molecule has 8 heteroatoms. The highest BCUT2D eigenvalue weighted by Gasteiger charge is 2.42. The van der Waals surface area contributed by atoms with Crippen molar-refractivity contribution in [2.24, 2.45) is 5.41 Å². The van der Waals surface area contributed by atoms with Crippen LogP contribution in [0.1, 0.15) is 26.2 Å². The molecule has 2 fully saturated rings. The molecule has 2 aliphatic heterocycles. The number of anilines is 1. The number of aliphatic carboxylic acids is 1. The topological polar surface area (TPSA) is 94.0 Å². The van der Waals surface area contributed by atoms with Crippen molar-refractivity contribution in [1.29, 1.82) is 0 Å². The molecule has 0 bridgehead atoms. The summed E-state index contributed by atoms with van der Waals surface area (Å²) >= 11 is 0. The fourth-order valence-corrected chi connectivity index (χ4v) is 3.60. The lowest BCUT2D eigenvalue weighted by Crippen LogP contribution is -2.49. The van der Waals surface area contributed by atoms with Crippen LogP contribution >= 0.6 is 0 Å². The van der Waals surface area contributed by atoms with Gasteiger partial charge < -0.3 is 19.8 Å². The third kappa shape index (κ3) is 4.37. The van der Waals surface area contributed by atoms with Gasteiger partial charge in [0, 0.05) is 58.3 Å². The lowest BCUT2D eigenvalue weighted by molar-refractivity contribution is -0.147. The molecule has 1 aromatic rings. The number of rotatable bonds is 5. The summed E-state index contributed by atoms with van der Waals surface area (Å²) in [5.74, 6) is -0.125. The molecule has 27 heavy (non-hydrogen) atoms. The molecule has 1 unspecified atom stereocenters. The van der Waals surface area contributed by atoms with E-state index >= 15 is 0 Å². The average molecular weight is 374 g/mol. The van der Waals surface area contributed by atoms with E-state index in [0.29, 0.717) is 26.1 Å². The van der Waals surface area contributed by atoms with E-state index in [0.717, 1.165) is 18.9 Å². The van der Waals surface area contributed by atoms with Crippen LogP contribution in [-0.2, 0) is 14.4 Å². The van der Waals surface area contributed by atoms with E-state index in [1.807, 2.05) is 18.2 Å². The van der Waals surface area contributed by atoms with Crippen LogP contribution in [0.25, 0.3) is 0 Å². The van der Waals surface area contributed by atoms with Gasteiger partial charge in [-0.1, -0.05) is 6.07 Å². The van der Waals surface area contributed by atoms with Crippen molar-refractivity contribution in [3.05, 3.63) is 24.4 Å². The van der Waals surface area contributed by atoms with Crippen LogP contribution < -0.4 is 4.90 Å². The van der Waals surface area contributed by atoms with E-state index < -0.39 is 11.4 Å². The van der Waals surface area contributed by atoms with Crippen LogP contribution in [0.2, 0.25) is 0 Å². The Morgan fingerprint density at radius 3 is 2.26 bits per heavy atom. The molecule has 0 spiro atoms. The second kappa shape index (κ2) is 7.94. The van der Waals surface area contributed by atoms with Crippen molar-refractivity contribution in [2.75, 3.05) is 44.2 Å². The number of carbonyl (C=O) groups excluding carboxylic acids is 2. The molecule has 1 atom stereocenters. The first-order valence-electron chi connectivity index (χ1n) is 9.34. The van der Waals surface area contributed by atoms with Crippen molar-refractivity contribution in [3.63, 3.8) is 0 Å². The maximum Gasteiger partial charge on any atom is 0.311 e. The number of carboxylic acids is 1. The summed E-state index contributed by atoms with van der Waals surface area (Å²) in [5, 5.41) is 9.26. The number of aromatic nitrogens is 1. The van der Waals surface area contributed by atoms with Crippen molar-refractivity contribution >= 4 is 23.6 Å². The molecule has 1 aromatic heterocycles. The molecular weight excluding hydrogens is 348 g/mol. The largest absolute Gasteiger partial charge is 0.481 e. The van der Waals surface area contributed by atoms with E-state index in [9.17, 15) is 19.5 Å². The summed E-state index contributed by atoms with van der Waals surface area (Å²) in [4.78, 5) is 45.9. The Morgan fingerprint density at radius 1 is 1.04 bits per heavy atom. The van der Waals surface area contributed by atoms with Crippen LogP contribution in [0.4, 0.5) is 5.82 Å². The zero-order chi connectivity index (χ0) is 19.4. The third-order valence-corrected chi connectivity index (χ3v) is 5.50. The highest BCUT2D eigenvalue weighted by molar-refractivity contribution is 5.85. The number of likely N-dealkylation sites (tertiary alicyclic amines) is 1. The van der Waals surface area contributed by atoms with Gasteiger partial charge >= 0.3 is 5.97 Å². The third-order valence-electron chi connectivity index (χ3n) is 5.50. The summed E-state index contributed by atoms with van der Waals surface area (Å²) in [6.07, 6.45) is 2.52. The van der Waals surface area contributed by atoms with Crippen molar-refractivity contribution in [1.82, 2.24) is 14.8 Å². The quantitative estimate of drug-likeness (QED) is 0.821. The summed E-state index contributed by atoms with van der Waals surface area (Å²) in [6.45, 7) is 5.00. The van der Waals surface area contributed by atoms with Crippen molar-refractivity contribution < 1.29 is 19.5 Å². The number of hydrogen-bond acceptors (Lipinski definition) is 5. The van der Waals surface area contributed by atoms with Gasteiger partial charge in [0.05, 0.1) is 5.41 Å². The van der Waals surface area contributed by atoms with E-state index in [2.05, 4.69) is 9.88 Å². The Kier molecular flexibility index (Phi) is 5.62. The van der Waals surface area contributed by atoms with E-state index in [1.54, 1.807) is 22.9 Å². The van der Waals surface area contributed by atoms with Gasteiger partial charge in [0.2, 0.25) is 11.8 Å². The number of hydrogen-bond donors (Lipinski definition) is 1. The second-order valence-electron chi connectivity index (χ2n) is 7.49. The molecule has 0 radical (unpaired) electrons. The Balaban J connectivity index is 1.43. The maximum absolute atomic E-state index is 12.4. The van der Waals surface area contributed by atoms with Crippen LogP contribution in [-0.4, -0.2) is 76.9 Å². The Morgan fingerprint density at radius 2 is 1.70 bits per heavy atom. The Bertz CT molecular complexity index is 703. The summed E-state index contributed by atoms with van der Waals surface area (Å²) in [6, 6.07) is 5.77. The highest BCUT2D eigenvalue weighted by atomic mass is 16.4. The molecule has 2 amide bonds. The van der Waals surface area contributed by atoms with Gasteiger partial charge in [0.15, 0.2) is 0 Å². The van der Waals surface area contributed by atoms with E-state index in [1.165, 1.54) is 0 Å². The van der Waals surface area contributed by atoms with Crippen LogP contribution in [0.15, 0.2) is 24.4 Å². The molecule has 0 saturated carbocycles. The standard InChI is InChI=1S/C19H26N4O4/c1-19(18(26)27)7-9-23(14-19)17(25)6-5-16(24)22-12-10-21(11-13-22)15-4-2-3-8-20-15/h2-4,8H,5-7,9-14H2,1H3,(H,26,27). The monoisotopic (exact) mass is 374 g/mol. The zero-order valence-corrected chi connectivity index (χ0v) is 15.6. The van der Waals surface area contributed by atoms with Gasteiger partial charge in [-0.25, -0.2) is 4.98 Å². The van der Waals surface area contributed by atoms with Gasteiger partial charge in [-0.3, -0.25) is 14.4 Å². The summed E-state index contributed by atoms with van der Waals surface area (Å²) in [7, 11) is 0.